The molecular weight excluding hydrogens is 236 g/mol. The summed E-state index contributed by atoms with van der Waals surface area (Å²) >= 11 is 4.82. The third kappa shape index (κ3) is 9.30. The molecule has 0 amide bonds. The first-order chi connectivity index (χ1) is 8.54. The minimum absolute atomic E-state index is 0.418. The molecule has 1 unspecified atom stereocenters. The van der Waals surface area contributed by atoms with Crippen LogP contribution >= 0.6 is 12.6 Å². The molecule has 0 spiro atoms. The Bertz CT molecular complexity index is 174. The van der Waals surface area contributed by atoms with Gasteiger partial charge in [0.25, 0.3) is 0 Å². The highest BCUT2D eigenvalue weighted by molar-refractivity contribution is 7.81. The van der Waals surface area contributed by atoms with Crippen molar-refractivity contribution in [1.29, 1.82) is 0 Å². The molecule has 0 aliphatic carbocycles. The van der Waals surface area contributed by atoms with Gasteiger partial charge in [-0.3, -0.25) is 0 Å². The molecule has 0 aromatic rings. The summed E-state index contributed by atoms with van der Waals surface area (Å²) in [4.78, 5) is 0. The third-order valence-corrected chi connectivity index (χ3v) is 5.12. The fourth-order valence-electron chi connectivity index (χ4n) is 2.49. The zero-order valence-corrected chi connectivity index (χ0v) is 14.2. The van der Waals surface area contributed by atoms with Gasteiger partial charge in [0.1, 0.15) is 0 Å². The lowest BCUT2D eigenvalue weighted by atomic mass is 9.81. The van der Waals surface area contributed by atoms with Crippen molar-refractivity contribution in [2.24, 2.45) is 5.41 Å². The molecule has 0 heterocycles. The predicted molar refractivity (Wildman–Crippen MR) is 88.7 cm³/mol. The van der Waals surface area contributed by atoms with Crippen LogP contribution in [0.5, 0.6) is 0 Å². The Morgan fingerprint density at radius 2 is 1.28 bits per heavy atom. The topological polar surface area (TPSA) is 0 Å². The minimum Gasteiger partial charge on any atom is -0.175 e. The number of rotatable bonds is 12. The lowest BCUT2D eigenvalue weighted by molar-refractivity contribution is 0.296. The smallest absolute Gasteiger partial charge is 0.00680 e. The molecule has 0 N–H and O–H groups in total. The molecule has 0 nitrogen and oxygen atoms in total. The van der Waals surface area contributed by atoms with Crippen molar-refractivity contribution in [2.75, 3.05) is 0 Å². The molecule has 0 saturated heterocycles. The average molecular weight is 273 g/mol. The first-order valence-electron chi connectivity index (χ1n) is 8.22. The van der Waals surface area contributed by atoms with Gasteiger partial charge in [-0.25, -0.2) is 0 Å². The number of hydrogen-bond donors (Lipinski definition) is 1. The van der Waals surface area contributed by atoms with Gasteiger partial charge in [-0.15, -0.1) is 0 Å². The molecule has 0 radical (unpaired) electrons. The Labute approximate surface area is 122 Å². The molecule has 0 rings (SSSR count). The van der Waals surface area contributed by atoms with Gasteiger partial charge >= 0.3 is 0 Å². The van der Waals surface area contributed by atoms with E-state index in [-0.39, 0.29) is 0 Å². The second kappa shape index (κ2) is 11.2. The second-order valence-corrected chi connectivity index (χ2v) is 7.14. The fourth-order valence-corrected chi connectivity index (χ4v) is 2.80. The highest BCUT2D eigenvalue weighted by Gasteiger charge is 2.25. The number of thiol groups is 1. The highest BCUT2D eigenvalue weighted by Crippen LogP contribution is 2.34. The Hall–Kier alpha value is 0.350. The summed E-state index contributed by atoms with van der Waals surface area (Å²) in [6.45, 7) is 9.35. The molecule has 110 valence electrons. The van der Waals surface area contributed by atoms with E-state index in [1.807, 2.05) is 0 Å². The van der Waals surface area contributed by atoms with Crippen LogP contribution in [0.4, 0.5) is 0 Å². The minimum atomic E-state index is 0.418. The lowest BCUT2D eigenvalue weighted by Gasteiger charge is -2.31. The van der Waals surface area contributed by atoms with Crippen LogP contribution in [-0.4, -0.2) is 5.25 Å². The van der Waals surface area contributed by atoms with Crippen molar-refractivity contribution in [3.05, 3.63) is 0 Å². The Balaban J connectivity index is 3.56. The Morgan fingerprint density at radius 3 is 1.83 bits per heavy atom. The van der Waals surface area contributed by atoms with Crippen molar-refractivity contribution >= 4 is 12.6 Å². The van der Waals surface area contributed by atoms with Crippen molar-refractivity contribution in [2.45, 2.75) is 104 Å². The van der Waals surface area contributed by atoms with Crippen LogP contribution in [0.25, 0.3) is 0 Å². The summed E-state index contributed by atoms with van der Waals surface area (Å²) in [6.07, 6.45) is 15.1. The van der Waals surface area contributed by atoms with Crippen LogP contribution < -0.4 is 0 Å². The largest absolute Gasteiger partial charge is 0.175 e. The van der Waals surface area contributed by atoms with Crippen LogP contribution in [0.3, 0.4) is 0 Å². The van der Waals surface area contributed by atoms with Gasteiger partial charge in [0.05, 0.1) is 0 Å². The van der Waals surface area contributed by atoms with Gasteiger partial charge in [0, 0.05) is 5.25 Å². The van der Waals surface area contributed by atoms with E-state index in [9.17, 15) is 0 Å². The zero-order chi connectivity index (χ0) is 13.9. The molecule has 18 heavy (non-hydrogen) atoms. The Kier molecular flexibility index (Phi) is 11.4. The maximum absolute atomic E-state index is 4.82. The third-order valence-electron chi connectivity index (χ3n) is 4.16. The number of hydrogen-bond acceptors (Lipinski definition) is 1. The van der Waals surface area contributed by atoms with E-state index in [0.29, 0.717) is 10.7 Å². The molecule has 0 aromatic heterocycles. The molecular formula is C17H36S. The van der Waals surface area contributed by atoms with Gasteiger partial charge in [0.15, 0.2) is 0 Å². The summed E-state index contributed by atoms with van der Waals surface area (Å²) in [5.74, 6) is 0. The van der Waals surface area contributed by atoms with Crippen LogP contribution in [0.1, 0.15) is 98.3 Å². The first kappa shape index (κ1) is 18.4. The van der Waals surface area contributed by atoms with E-state index in [1.165, 1.54) is 70.6 Å². The van der Waals surface area contributed by atoms with E-state index < -0.39 is 0 Å². The molecule has 0 aliphatic rings. The Morgan fingerprint density at radius 1 is 0.778 bits per heavy atom. The van der Waals surface area contributed by atoms with Crippen molar-refractivity contribution in [3.8, 4) is 0 Å². The van der Waals surface area contributed by atoms with E-state index in [4.69, 9.17) is 12.6 Å². The molecule has 0 aliphatic heterocycles. The molecule has 1 atom stereocenters. The number of unbranched alkanes of at least 4 members (excludes halogenated alkanes) is 7. The van der Waals surface area contributed by atoms with E-state index in [2.05, 4.69) is 27.7 Å². The molecule has 0 aromatic carbocycles. The van der Waals surface area contributed by atoms with Crippen LogP contribution in [0, 0.1) is 5.41 Å². The van der Waals surface area contributed by atoms with Crippen LogP contribution in [0.15, 0.2) is 0 Å². The first-order valence-corrected chi connectivity index (χ1v) is 8.74. The predicted octanol–water partition coefficient (Wildman–Crippen LogP) is 6.64. The molecule has 1 heteroatoms. The summed E-state index contributed by atoms with van der Waals surface area (Å²) in [7, 11) is 0. The van der Waals surface area contributed by atoms with E-state index in [1.54, 1.807) is 0 Å². The van der Waals surface area contributed by atoms with E-state index >= 15 is 0 Å². The van der Waals surface area contributed by atoms with Crippen molar-refractivity contribution in [3.63, 3.8) is 0 Å². The van der Waals surface area contributed by atoms with Crippen molar-refractivity contribution < 1.29 is 0 Å². The zero-order valence-electron chi connectivity index (χ0n) is 13.3. The quantitative estimate of drug-likeness (QED) is 0.299. The SMILES string of the molecule is CCCCCCCCCC(C)(C)C(S)CCCC. The van der Waals surface area contributed by atoms with E-state index in [0.717, 1.165) is 0 Å². The van der Waals surface area contributed by atoms with Gasteiger partial charge in [0.2, 0.25) is 0 Å². The summed E-state index contributed by atoms with van der Waals surface area (Å²) in [5.41, 5.74) is 0.418. The second-order valence-electron chi connectivity index (χ2n) is 6.52. The molecule has 0 fully saturated rings. The monoisotopic (exact) mass is 272 g/mol. The highest BCUT2D eigenvalue weighted by atomic mass is 32.1. The maximum atomic E-state index is 4.82. The summed E-state index contributed by atoms with van der Waals surface area (Å²) in [5, 5.41) is 0.581. The van der Waals surface area contributed by atoms with Gasteiger partial charge in [-0.1, -0.05) is 85.5 Å². The van der Waals surface area contributed by atoms with Gasteiger partial charge in [-0.05, 0) is 18.3 Å². The summed E-state index contributed by atoms with van der Waals surface area (Å²) in [6, 6.07) is 0. The lowest BCUT2D eigenvalue weighted by Crippen LogP contribution is -2.24. The normalized spacial score (nSPS) is 13.8. The van der Waals surface area contributed by atoms with Crippen molar-refractivity contribution in [1.82, 2.24) is 0 Å². The molecule has 0 bridgehead atoms. The van der Waals surface area contributed by atoms with Gasteiger partial charge < -0.3 is 0 Å². The fraction of sp³-hybridized carbons (Fsp3) is 1.00. The molecule has 0 saturated carbocycles. The average Bonchev–Trinajstić information content (AvgIpc) is 2.34. The standard InChI is InChI=1S/C17H36S/c1-5-7-9-10-11-12-13-15-17(3,4)16(18)14-8-6-2/h16,18H,5-15H2,1-4H3. The van der Waals surface area contributed by atoms with Gasteiger partial charge in [-0.2, -0.15) is 12.6 Å². The van der Waals surface area contributed by atoms with Crippen LogP contribution in [0.2, 0.25) is 0 Å². The maximum Gasteiger partial charge on any atom is 0.00680 e. The van der Waals surface area contributed by atoms with Crippen LogP contribution in [-0.2, 0) is 0 Å². The summed E-state index contributed by atoms with van der Waals surface area (Å²) < 4.78 is 0.